The molecule has 2 aromatic rings. The van der Waals surface area contributed by atoms with Gasteiger partial charge in [0, 0.05) is 5.69 Å². The van der Waals surface area contributed by atoms with Gasteiger partial charge in [0.25, 0.3) is 0 Å². The van der Waals surface area contributed by atoms with Crippen LogP contribution in [0, 0.1) is 0 Å². The van der Waals surface area contributed by atoms with Crippen molar-refractivity contribution in [3.63, 3.8) is 0 Å². The van der Waals surface area contributed by atoms with E-state index in [1.807, 2.05) is 0 Å². The SMILES string of the molecule is Nc1c(Cl)cc(Nc2ccc(C(F)(F)F)nn2)cc1Cl. The molecule has 106 valence electrons. The lowest BCUT2D eigenvalue weighted by Gasteiger charge is -2.09. The fraction of sp³-hybridized carbons (Fsp3) is 0.0909. The molecule has 4 nitrogen and oxygen atoms in total. The van der Waals surface area contributed by atoms with E-state index < -0.39 is 11.9 Å². The number of hydrogen-bond acceptors (Lipinski definition) is 4. The minimum Gasteiger partial charge on any atom is -0.396 e. The van der Waals surface area contributed by atoms with Crippen LogP contribution in [0.4, 0.5) is 30.4 Å². The third-order valence-electron chi connectivity index (χ3n) is 2.31. The van der Waals surface area contributed by atoms with E-state index >= 15 is 0 Å². The zero-order chi connectivity index (χ0) is 14.9. The molecular formula is C11H7Cl2F3N4. The van der Waals surface area contributed by atoms with Crippen LogP contribution >= 0.6 is 23.2 Å². The summed E-state index contributed by atoms with van der Waals surface area (Å²) in [6, 6.07) is 4.91. The van der Waals surface area contributed by atoms with Crippen molar-refractivity contribution in [1.29, 1.82) is 0 Å². The lowest BCUT2D eigenvalue weighted by molar-refractivity contribution is -0.141. The highest BCUT2D eigenvalue weighted by Crippen LogP contribution is 2.32. The van der Waals surface area contributed by atoms with Crippen LogP contribution in [0.1, 0.15) is 5.69 Å². The van der Waals surface area contributed by atoms with Crippen molar-refractivity contribution in [2.45, 2.75) is 6.18 Å². The molecule has 0 aliphatic carbocycles. The van der Waals surface area contributed by atoms with Gasteiger partial charge in [0.1, 0.15) is 0 Å². The Morgan fingerprint density at radius 2 is 1.65 bits per heavy atom. The molecule has 2 rings (SSSR count). The van der Waals surface area contributed by atoms with E-state index in [-0.39, 0.29) is 21.6 Å². The van der Waals surface area contributed by atoms with Gasteiger partial charge in [-0.15, -0.1) is 10.2 Å². The molecule has 0 fully saturated rings. The van der Waals surface area contributed by atoms with E-state index in [0.717, 1.165) is 12.1 Å². The van der Waals surface area contributed by atoms with Crippen molar-refractivity contribution in [2.75, 3.05) is 11.1 Å². The van der Waals surface area contributed by atoms with Crippen LogP contribution in [0.15, 0.2) is 24.3 Å². The summed E-state index contributed by atoms with van der Waals surface area (Å²) < 4.78 is 37.0. The van der Waals surface area contributed by atoms with Gasteiger partial charge in [-0.3, -0.25) is 0 Å². The number of anilines is 3. The number of nitrogens with one attached hydrogen (secondary N) is 1. The van der Waals surface area contributed by atoms with Gasteiger partial charge in [-0.25, -0.2) is 0 Å². The van der Waals surface area contributed by atoms with Gasteiger partial charge in [0.2, 0.25) is 0 Å². The number of nitrogen functional groups attached to an aromatic ring is 1. The Balaban J connectivity index is 2.23. The zero-order valence-corrected chi connectivity index (χ0v) is 11.2. The summed E-state index contributed by atoms with van der Waals surface area (Å²) in [4.78, 5) is 0. The average Bonchev–Trinajstić information content (AvgIpc) is 2.35. The molecule has 1 heterocycles. The molecule has 20 heavy (non-hydrogen) atoms. The van der Waals surface area contributed by atoms with Gasteiger partial charge < -0.3 is 11.1 Å². The van der Waals surface area contributed by atoms with E-state index in [0.29, 0.717) is 5.69 Å². The van der Waals surface area contributed by atoms with Gasteiger partial charge in [-0.1, -0.05) is 23.2 Å². The molecule has 1 aromatic heterocycles. The summed E-state index contributed by atoms with van der Waals surface area (Å²) in [5.74, 6) is 0.120. The monoisotopic (exact) mass is 322 g/mol. The maximum absolute atomic E-state index is 12.3. The second-order valence-electron chi connectivity index (χ2n) is 3.78. The Morgan fingerprint density at radius 1 is 1.05 bits per heavy atom. The fourth-order valence-corrected chi connectivity index (χ4v) is 1.84. The molecule has 0 saturated carbocycles. The molecule has 0 unspecified atom stereocenters. The summed E-state index contributed by atoms with van der Waals surface area (Å²) in [6.07, 6.45) is -4.53. The van der Waals surface area contributed by atoms with Gasteiger partial charge in [-0.05, 0) is 24.3 Å². The summed E-state index contributed by atoms with van der Waals surface area (Å²) in [5.41, 5.74) is 5.15. The Kier molecular flexibility index (Phi) is 3.92. The molecule has 0 amide bonds. The normalized spacial score (nSPS) is 11.4. The molecule has 0 saturated heterocycles. The minimum absolute atomic E-state index is 0.120. The first-order chi connectivity index (χ1) is 9.27. The topological polar surface area (TPSA) is 63.8 Å². The van der Waals surface area contributed by atoms with Crippen LogP contribution in [0.3, 0.4) is 0 Å². The third kappa shape index (κ3) is 3.23. The van der Waals surface area contributed by atoms with Crippen LogP contribution < -0.4 is 11.1 Å². The molecule has 0 bridgehead atoms. The van der Waals surface area contributed by atoms with Crippen molar-refractivity contribution < 1.29 is 13.2 Å². The van der Waals surface area contributed by atoms with E-state index in [9.17, 15) is 13.2 Å². The molecule has 0 radical (unpaired) electrons. The molecule has 0 atom stereocenters. The van der Waals surface area contributed by atoms with Gasteiger partial charge in [0.05, 0.1) is 15.7 Å². The predicted molar refractivity (Wildman–Crippen MR) is 71.2 cm³/mol. The molecule has 0 aliphatic heterocycles. The Morgan fingerprint density at radius 3 is 2.10 bits per heavy atom. The number of nitrogens with zero attached hydrogens (tertiary/aromatic N) is 2. The second kappa shape index (κ2) is 5.34. The summed E-state index contributed by atoms with van der Waals surface area (Å²) in [6.45, 7) is 0. The number of rotatable bonds is 2. The maximum atomic E-state index is 12.3. The van der Waals surface area contributed by atoms with Crippen LogP contribution in [0.5, 0.6) is 0 Å². The number of benzene rings is 1. The Bertz CT molecular complexity index is 606. The van der Waals surface area contributed by atoms with Crippen LogP contribution in [-0.4, -0.2) is 10.2 Å². The largest absolute Gasteiger partial charge is 0.435 e. The van der Waals surface area contributed by atoms with E-state index in [1.165, 1.54) is 12.1 Å². The fourth-order valence-electron chi connectivity index (χ4n) is 1.35. The predicted octanol–water partition coefficient (Wildman–Crippen LogP) is 4.13. The van der Waals surface area contributed by atoms with Crippen molar-refractivity contribution in [3.05, 3.63) is 40.0 Å². The third-order valence-corrected chi connectivity index (χ3v) is 2.93. The highest BCUT2D eigenvalue weighted by molar-refractivity contribution is 6.39. The minimum atomic E-state index is -4.53. The number of nitrogens with two attached hydrogens (primary N) is 1. The first-order valence-electron chi connectivity index (χ1n) is 5.20. The smallest absolute Gasteiger partial charge is 0.396 e. The van der Waals surface area contributed by atoms with Gasteiger partial charge in [-0.2, -0.15) is 13.2 Å². The number of alkyl halides is 3. The molecule has 0 spiro atoms. The molecule has 1 aromatic carbocycles. The Hall–Kier alpha value is -1.73. The van der Waals surface area contributed by atoms with Crippen molar-refractivity contribution in [2.24, 2.45) is 0 Å². The second-order valence-corrected chi connectivity index (χ2v) is 4.59. The van der Waals surface area contributed by atoms with Crippen LogP contribution in [0.25, 0.3) is 0 Å². The lowest BCUT2D eigenvalue weighted by Crippen LogP contribution is -2.09. The standard InChI is InChI=1S/C11H7Cl2F3N4/c12-6-3-5(4-7(13)10(6)17)18-9-2-1-8(19-20-9)11(14,15)16/h1-4H,17H2,(H,18,20). The summed E-state index contributed by atoms with van der Waals surface area (Å²) in [7, 11) is 0. The van der Waals surface area contributed by atoms with Crippen LogP contribution in [-0.2, 0) is 6.18 Å². The average molecular weight is 323 g/mol. The lowest BCUT2D eigenvalue weighted by atomic mass is 10.2. The van der Waals surface area contributed by atoms with E-state index in [4.69, 9.17) is 28.9 Å². The zero-order valence-electron chi connectivity index (χ0n) is 9.67. The van der Waals surface area contributed by atoms with Gasteiger partial charge >= 0.3 is 6.18 Å². The van der Waals surface area contributed by atoms with E-state index in [2.05, 4.69) is 15.5 Å². The molecular weight excluding hydrogens is 316 g/mol. The van der Waals surface area contributed by atoms with Crippen molar-refractivity contribution in [1.82, 2.24) is 10.2 Å². The van der Waals surface area contributed by atoms with Crippen molar-refractivity contribution in [3.8, 4) is 0 Å². The quantitative estimate of drug-likeness (QED) is 0.816. The maximum Gasteiger partial charge on any atom is 0.435 e. The highest BCUT2D eigenvalue weighted by Gasteiger charge is 2.32. The first kappa shape index (κ1) is 14.7. The van der Waals surface area contributed by atoms with E-state index in [1.54, 1.807) is 0 Å². The molecule has 3 N–H and O–H groups in total. The molecule has 9 heteroatoms. The number of aromatic nitrogens is 2. The van der Waals surface area contributed by atoms with Crippen LogP contribution in [0.2, 0.25) is 10.0 Å². The Labute approximate surface area is 121 Å². The first-order valence-corrected chi connectivity index (χ1v) is 5.95. The summed E-state index contributed by atoms with van der Waals surface area (Å²) >= 11 is 11.7. The number of hydrogen-bond donors (Lipinski definition) is 2. The summed E-state index contributed by atoms with van der Waals surface area (Å²) in [5, 5.41) is 9.67. The molecule has 0 aliphatic rings. The highest BCUT2D eigenvalue weighted by atomic mass is 35.5. The van der Waals surface area contributed by atoms with Gasteiger partial charge in [0.15, 0.2) is 11.5 Å². The van der Waals surface area contributed by atoms with Crippen molar-refractivity contribution >= 4 is 40.4 Å². The number of halogens is 5.